The molecule has 1 N–H and O–H groups in total. The number of aromatic nitrogens is 1. The number of aromatic amines is 1. The first-order chi connectivity index (χ1) is 9.30. The summed E-state index contributed by atoms with van der Waals surface area (Å²) in [7, 11) is 3.35. The molecule has 0 atom stereocenters. The van der Waals surface area contributed by atoms with Crippen molar-refractivity contribution in [3.63, 3.8) is 0 Å². The van der Waals surface area contributed by atoms with Gasteiger partial charge in [-0.1, -0.05) is 12.1 Å². The first-order valence-corrected chi connectivity index (χ1v) is 6.11. The second-order valence-corrected chi connectivity index (χ2v) is 4.37. The van der Waals surface area contributed by atoms with E-state index in [2.05, 4.69) is 17.1 Å². The van der Waals surface area contributed by atoms with Crippen LogP contribution >= 0.6 is 0 Å². The van der Waals surface area contributed by atoms with E-state index in [9.17, 15) is 0 Å². The highest BCUT2D eigenvalue weighted by Crippen LogP contribution is 2.28. The Balaban J connectivity index is 2.09. The molecule has 0 aliphatic heterocycles. The van der Waals surface area contributed by atoms with Gasteiger partial charge in [0, 0.05) is 22.2 Å². The quantitative estimate of drug-likeness (QED) is 0.769. The Morgan fingerprint density at radius 1 is 0.842 bits per heavy atom. The van der Waals surface area contributed by atoms with E-state index in [0.29, 0.717) is 0 Å². The van der Waals surface area contributed by atoms with Gasteiger partial charge in [-0.25, -0.2) is 0 Å². The first-order valence-electron chi connectivity index (χ1n) is 6.11. The van der Waals surface area contributed by atoms with E-state index in [0.717, 1.165) is 33.7 Å². The zero-order valence-electron chi connectivity index (χ0n) is 10.9. The van der Waals surface area contributed by atoms with Crippen LogP contribution in [0.25, 0.3) is 22.2 Å². The molecule has 1 aromatic heterocycles. The van der Waals surface area contributed by atoms with Gasteiger partial charge >= 0.3 is 0 Å². The van der Waals surface area contributed by atoms with Gasteiger partial charge in [-0.2, -0.15) is 0 Å². The number of H-pyrrole nitrogens is 1. The second kappa shape index (κ2) is 4.69. The minimum Gasteiger partial charge on any atom is -0.497 e. The lowest BCUT2D eigenvalue weighted by atomic mass is 10.1. The van der Waals surface area contributed by atoms with Crippen LogP contribution in [0.1, 0.15) is 0 Å². The van der Waals surface area contributed by atoms with E-state index >= 15 is 0 Å². The number of hydrogen-bond donors (Lipinski definition) is 1. The summed E-state index contributed by atoms with van der Waals surface area (Å²) in [6.07, 6.45) is 0. The molecule has 0 aliphatic carbocycles. The van der Waals surface area contributed by atoms with Gasteiger partial charge in [0.15, 0.2) is 0 Å². The molecule has 19 heavy (non-hydrogen) atoms. The molecule has 3 nitrogen and oxygen atoms in total. The standard InChI is InChI=1S/C16H15NO2/c1-18-13-5-3-4-11(8-13)16-10-12-9-14(19-2)6-7-15(12)17-16/h3-10,17H,1-2H3. The summed E-state index contributed by atoms with van der Waals surface area (Å²) in [5.41, 5.74) is 3.27. The van der Waals surface area contributed by atoms with Crippen LogP contribution in [0.2, 0.25) is 0 Å². The van der Waals surface area contributed by atoms with Crippen LogP contribution in [0, 0.1) is 0 Å². The molecular weight excluding hydrogens is 238 g/mol. The number of methoxy groups -OCH3 is 2. The van der Waals surface area contributed by atoms with Crippen LogP contribution < -0.4 is 9.47 Å². The molecule has 3 heteroatoms. The van der Waals surface area contributed by atoms with Gasteiger partial charge in [-0.3, -0.25) is 0 Å². The van der Waals surface area contributed by atoms with Crippen LogP contribution in [0.5, 0.6) is 11.5 Å². The van der Waals surface area contributed by atoms with Gasteiger partial charge in [-0.05, 0) is 36.4 Å². The van der Waals surface area contributed by atoms with Crippen molar-refractivity contribution in [3.05, 3.63) is 48.5 Å². The summed E-state index contributed by atoms with van der Waals surface area (Å²) in [6.45, 7) is 0. The van der Waals surface area contributed by atoms with E-state index in [1.165, 1.54) is 0 Å². The molecule has 0 radical (unpaired) electrons. The molecule has 0 saturated carbocycles. The summed E-state index contributed by atoms with van der Waals surface area (Å²) in [6, 6.07) is 16.1. The number of hydrogen-bond acceptors (Lipinski definition) is 2. The highest BCUT2D eigenvalue weighted by molar-refractivity contribution is 5.87. The molecule has 3 aromatic rings. The topological polar surface area (TPSA) is 34.2 Å². The van der Waals surface area contributed by atoms with E-state index in [4.69, 9.17) is 9.47 Å². The van der Waals surface area contributed by atoms with Gasteiger partial charge in [0.1, 0.15) is 11.5 Å². The lowest BCUT2D eigenvalue weighted by Gasteiger charge is -2.02. The third-order valence-corrected chi connectivity index (χ3v) is 3.21. The lowest BCUT2D eigenvalue weighted by molar-refractivity contribution is 0.415. The monoisotopic (exact) mass is 253 g/mol. The Bertz CT molecular complexity index is 716. The minimum absolute atomic E-state index is 0.855. The van der Waals surface area contributed by atoms with Crippen molar-refractivity contribution in [2.45, 2.75) is 0 Å². The maximum absolute atomic E-state index is 5.25. The molecule has 0 fully saturated rings. The SMILES string of the molecule is COc1cccc(-c2cc3cc(OC)ccc3[nH]2)c1. The molecule has 2 aromatic carbocycles. The third kappa shape index (κ3) is 2.15. The van der Waals surface area contributed by atoms with Crippen LogP contribution in [0.3, 0.4) is 0 Å². The smallest absolute Gasteiger partial charge is 0.119 e. The van der Waals surface area contributed by atoms with Gasteiger partial charge in [0.25, 0.3) is 0 Å². The summed E-state index contributed by atoms with van der Waals surface area (Å²) < 4.78 is 10.5. The average molecular weight is 253 g/mol. The van der Waals surface area contributed by atoms with Crippen LogP contribution in [0.4, 0.5) is 0 Å². The van der Waals surface area contributed by atoms with E-state index in [-0.39, 0.29) is 0 Å². The highest BCUT2D eigenvalue weighted by atomic mass is 16.5. The number of nitrogens with one attached hydrogen (secondary N) is 1. The molecular formula is C16H15NO2. The van der Waals surface area contributed by atoms with Crippen molar-refractivity contribution in [1.82, 2.24) is 4.98 Å². The molecule has 0 saturated heterocycles. The summed E-state index contributed by atoms with van der Waals surface area (Å²) >= 11 is 0. The Kier molecular flexibility index (Phi) is 2.88. The van der Waals surface area contributed by atoms with Crippen molar-refractivity contribution < 1.29 is 9.47 Å². The number of rotatable bonds is 3. The van der Waals surface area contributed by atoms with Crippen molar-refractivity contribution in [3.8, 4) is 22.8 Å². The van der Waals surface area contributed by atoms with E-state index in [1.807, 2.05) is 36.4 Å². The molecule has 96 valence electrons. The molecule has 0 spiro atoms. The number of benzene rings is 2. The largest absolute Gasteiger partial charge is 0.497 e. The van der Waals surface area contributed by atoms with Gasteiger partial charge in [0.2, 0.25) is 0 Å². The predicted octanol–water partition coefficient (Wildman–Crippen LogP) is 3.85. The van der Waals surface area contributed by atoms with Gasteiger partial charge in [0.05, 0.1) is 14.2 Å². The summed E-state index contributed by atoms with van der Waals surface area (Å²) in [5, 5.41) is 1.14. The molecule has 0 amide bonds. The summed E-state index contributed by atoms with van der Waals surface area (Å²) in [4.78, 5) is 3.40. The zero-order chi connectivity index (χ0) is 13.2. The van der Waals surface area contributed by atoms with E-state index in [1.54, 1.807) is 14.2 Å². The van der Waals surface area contributed by atoms with Crippen molar-refractivity contribution >= 4 is 10.9 Å². The molecule has 0 aliphatic rings. The first kappa shape index (κ1) is 11.7. The Labute approximate surface area is 111 Å². The normalized spacial score (nSPS) is 10.6. The zero-order valence-corrected chi connectivity index (χ0v) is 10.9. The Hall–Kier alpha value is -2.42. The van der Waals surface area contributed by atoms with Gasteiger partial charge < -0.3 is 14.5 Å². The second-order valence-electron chi connectivity index (χ2n) is 4.37. The van der Waals surface area contributed by atoms with E-state index < -0.39 is 0 Å². The fraction of sp³-hybridized carbons (Fsp3) is 0.125. The Morgan fingerprint density at radius 3 is 2.42 bits per heavy atom. The van der Waals surface area contributed by atoms with Crippen LogP contribution in [-0.4, -0.2) is 19.2 Å². The van der Waals surface area contributed by atoms with Gasteiger partial charge in [-0.15, -0.1) is 0 Å². The molecule has 0 bridgehead atoms. The predicted molar refractivity (Wildman–Crippen MR) is 76.8 cm³/mol. The molecule has 0 unspecified atom stereocenters. The maximum atomic E-state index is 5.25. The minimum atomic E-state index is 0.855. The summed E-state index contributed by atoms with van der Waals surface area (Å²) in [5.74, 6) is 1.72. The van der Waals surface area contributed by atoms with Crippen LogP contribution in [0.15, 0.2) is 48.5 Å². The maximum Gasteiger partial charge on any atom is 0.119 e. The third-order valence-electron chi connectivity index (χ3n) is 3.21. The van der Waals surface area contributed by atoms with Crippen LogP contribution in [-0.2, 0) is 0 Å². The van der Waals surface area contributed by atoms with Crippen molar-refractivity contribution in [2.75, 3.05) is 14.2 Å². The molecule has 1 heterocycles. The highest BCUT2D eigenvalue weighted by Gasteiger charge is 2.05. The molecule has 3 rings (SSSR count). The fourth-order valence-electron chi connectivity index (χ4n) is 2.18. The fourth-order valence-corrected chi connectivity index (χ4v) is 2.18. The Morgan fingerprint density at radius 2 is 1.63 bits per heavy atom. The average Bonchev–Trinajstić information content (AvgIpc) is 2.90. The lowest BCUT2D eigenvalue weighted by Crippen LogP contribution is -1.83. The number of fused-ring (bicyclic) bond motifs is 1. The van der Waals surface area contributed by atoms with Crippen molar-refractivity contribution in [2.24, 2.45) is 0 Å². The van der Waals surface area contributed by atoms with Crippen molar-refractivity contribution in [1.29, 1.82) is 0 Å². The number of ether oxygens (including phenoxy) is 2.